The fourth-order valence-electron chi connectivity index (χ4n) is 1.60. The van der Waals surface area contributed by atoms with Crippen molar-refractivity contribution in [1.82, 2.24) is 0 Å². The maximum atomic E-state index is 12.9. The molecule has 2 N–H and O–H groups in total. The summed E-state index contributed by atoms with van der Waals surface area (Å²) in [5.41, 5.74) is 7.03. The van der Waals surface area contributed by atoms with Gasteiger partial charge in [0.15, 0.2) is 0 Å². The summed E-state index contributed by atoms with van der Waals surface area (Å²) < 4.78 is 17.9. The summed E-state index contributed by atoms with van der Waals surface area (Å²) in [6, 6.07) is 6.25. The van der Waals surface area contributed by atoms with E-state index in [1.807, 2.05) is 0 Å². The number of halogens is 1. The molecule has 1 aromatic rings. The molecule has 0 saturated heterocycles. The lowest BCUT2D eigenvalue weighted by Crippen LogP contribution is -2.08. The first-order chi connectivity index (χ1) is 9.27. The Bertz CT molecular complexity index is 380. The Morgan fingerprint density at radius 3 is 2.58 bits per heavy atom. The van der Waals surface area contributed by atoms with Gasteiger partial charge in [-0.05, 0) is 37.0 Å². The van der Waals surface area contributed by atoms with Gasteiger partial charge in [0.1, 0.15) is 12.4 Å². The van der Waals surface area contributed by atoms with Crippen molar-refractivity contribution in [3.05, 3.63) is 35.6 Å². The second-order valence-electron chi connectivity index (χ2n) is 4.12. The summed E-state index contributed by atoms with van der Waals surface area (Å²) in [7, 11) is 1.68. The maximum absolute atomic E-state index is 12.9. The summed E-state index contributed by atoms with van der Waals surface area (Å²) in [6.45, 7) is 1.52. The summed E-state index contributed by atoms with van der Waals surface area (Å²) in [6.07, 6.45) is 2.66. The van der Waals surface area contributed by atoms with Crippen LogP contribution < -0.4 is 5.73 Å². The average Bonchev–Trinajstić information content (AvgIpc) is 2.43. The third-order valence-electron chi connectivity index (χ3n) is 2.57. The summed E-state index contributed by atoms with van der Waals surface area (Å²) in [5, 5.41) is 4.08. The fourth-order valence-corrected chi connectivity index (χ4v) is 1.60. The summed E-state index contributed by atoms with van der Waals surface area (Å²) in [4.78, 5) is 5.12. The van der Waals surface area contributed by atoms with Crippen molar-refractivity contribution < 1.29 is 14.0 Å². The van der Waals surface area contributed by atoms with E-state index >= 15 is 0 Å². The van der Waals surface area contributed by atoms with Gasteiger partial charge in [-0.1, -0.05) is 17.3 Å². The summed E-state index contributed by atoms with van der Waals surface area (Å²) in [5.74, 6) is -0.259. The van der Waals surface area contributed by atoms with Gasteiger partial charge < -0.3 is 15.3 Å². The molecule has 19 heavy (non-hydrogen) atoms. The van der Waals surface area contributed by atoms with E-state index < -0.39 is 0 Å². The van der Waals surface area contributed by atoms with Gasteiger partial charge in [-0.3, -0.25) is 0 Å². The van der Waals surface area contributed by atoms with Crippen LogP contribution in [0.1, 0.15) is 24.8 Å². The zero-order valence-electron chi connectivity index (χ0n) is 11.3. The van der Waals surface area contributed by atoms with Gasteiger partial charge in [0.2, 0.25) is 0 Å². The third kappa shape index (κ3) is 6.31. The van der Waals surface area contributed by atoms with E-state index in [-0.39, 0.29) is 5.82 Å². The van der Waals surface area contributed by atoms with E-state index in [1.165, 1.54) is 12.1 Å². The van der Waals surface area contributed by atoms with Gasteiger partial charge in [-0.15, -0.1) is 0 Å². The van der Waals surface area contributed by atoms with E-state index in [4.69, 9.17) is 15.3 Å². The van der Waals surface area contributed by atoms with Gasteiger partial charge in [0, 0.05) is 20.3 Å². The predicted molar refractivity (Wildman–Crippen MR) is 73.7 cm³/mol. The first-order valence-corrected chi connectivity index (χ1v) is 6.41. The molecule has 4 nitrogen and oxygen atoms in total. The second kappa shape index (κ2) is 9.47. The van der Waals surface area contributed by atoms with E-state index in [1.54, 1.807) is 19.2 Å². The lowest BCUT2D eigenvalue weighted by molar-refractivity contribution is 0.151. The molecular formula is C14H21FN2O2. The van der Waals surface area contributed by atoms with Gasteiger partial charge >= 0.3 is 0 Å². The van der Waals surface area contributed by atoms with Crippen LogP contribution >= 0.6 is 0 Å². The third-order valence-corrected chi connectivity index (χ3v) is 2.57. The number of ether oxygens (including phenoxy) is 1. The molecule has 0 aliphatic heterocycles. The highest BCUT2D eigenvalue weighted by Gasteiger charge is 2.05. The largest absolute Gasteiger partial charge is 0.394 e. The Hall–Kier alpha value is -1.46. The van der Waals surface area contributed by atoms with Crippen LogP contribution in [0.4, 0.5) is 4.39 Å². The van der Waals surface area contributed by atoms with Gasteiger partial charge in [0.25, 0.3) is 0 Å². The maximum Gasteiger partial charge on any atom is 0.129 e. The summed E-state index contributed by atoms with van der Waals surface area (Å²) >= 11 is 0. The van der Waals surface area contributed by atoms with Crippen LogP contribution in [0.25, 0.3) is 0 Å². The van der Waals surface area contributed by atoms with Crippen molar-refractivity contribution in [3.8, 4) is 0 Å². The first kappa shape index (κ1) is 15.6. The van der Waals surface area contributed by atoms with Crippen molar-refractivity contribution in [3.63, 3.8) is 0 Å². The molecule has 0 atom stereocenters. The number of nitrogens with zero attached hydrogens (tertiary/aromatic N) is 1. The molecule has 0 spiro atoms. The molecule has 0 unspecified atom stereocenters. The molecule has 0 aliphatic rings. The monoisotopic (exact) mass is 268 g/mol. The number of unbranched alkanes of at least 4 members (excludes halogenated alkanes) is 1. The highest BCUT2D eigenvalue weighted by Crippen LogP contribution is 2.10. The molecule has 1 rings (SSSR count). The van der Waals surface area contributed by atoms with E-state index in [0.717, 1.165) is 37.1 Å². The van der Waals surface area contributed by atoms with Crippen molar-refractivity contribution >= 4 is 5.71 Å². The normalized spacial score (nSPS) is 11.6. The number of hydrogen-bond donors (Lipinski definition) is 1. The number of oxime groups is 1. The zero-order chi connectivity index (χ0) is 13.9. The molecule has 0 bridgehead atoms. The van der Waals surface area contributed by atoms with Crippen LogP contribution in [-0.2, 0) is 9.57 Å². The Balaban J connectivity index is 2.62. The van der Waals surface area contributed by atoms with Gasteiger partial charge in [0.05, 0.1) is 5.71 Å². The smallest absolute Gasteiger partial charge is 0.129 e. The topological polar surface area (TPSA) is 56.8 Å². The molecule has 0 saturated carbocycles. The van der Waals surface area contributed by atoms with Crippen LogP contribution in [0.5, 0.6) is 0 Å². The Kier molecular flexibility index (Phi) is 7.77. The second-order valence-corrected chi connectivity index (χ2v) is 4.12. The van der Waals surface area contributed by atoms with Crippen LogP contribution in [0.3, 0.4) is 0 Å². The molecule has 1 aromatic carbocycles. The van der Waals surface area contributed by atoms with E-state index in [0.29, 0.717) is 13.2 Å². The highest BCUT2D eigenvalue weighted by atomic mass is 19.1. The molecular weight excluding hydrogens is 247 g/mol. The minimum Gasteiger partial charge on any atom is -0.394 e. The molecule has 0 aliphatic carbocycles. The van der Waals surface area contributed by atoms with E-state index in [2.05, 4.69) is 5.16 Å². The molecule has 0 heterocycles. The number of nitrogens with two attached hydrogens (primary N) is 1. The molecule has 106 valence electrons. The molecule has 0 aromatic heterocycles. The molecule has 0 fully saturated rings. The predicted octanol–water partition coefficient (Wildman–Crippen LogP) is 2.32. The van der Waals surface area contributed by atoms with Gasteiger partial charge in [-0.25, -0.2) is 4.39 Å². The van der Waals surface area contributed by atoms with Crippen molar-refractivity contribution in [2.24, 2.45) is 10.9 Å². The Morgan fingerprint density at radius 2 is 1.95 bits per heavy atom. The minimum absolute atomic E-state index is 0.259. The Labute approximate surface area is 113 Å². The minimum atomic E-state index is -0.259. The number of rotatable bonds is 9. The highest BCUT2D eigenvalue weighted by molar-refractivity contribution is 6.00. The Morgan fingerprint density at radius 1 is 1.21 bits per heavy atom. The van der Waals surface area contributed by atoms with Crippen molar-refractivity contribution in [1.29, 1.82) is 0 Å². The first-order valence-electron chi connectivity index (χ1n) is 6.41. The number of methoxy groups -OCH3 is 1. The van der Waals surface area contributed by atoms with Crippen LogP contribution in [-0.4, -0.2) is 32.6 Å². The van der Waals surface area contributed by atoms with Crippen molar-refractivity contribution in [2.45, 2.75) is 19.3 Å². The zero-order valence-corrected chi connectivity index (χ0v) is 11.3. The van der Waals surface area contributed by atoms with E-state index in [9.17, 15) is 4.39 Å². The standard InChI is InChI=1S/C14H21FN2O2/c1-18-10-3-2-4-14(17-19-11-9-16)12-5-7-13(15)8-6-12/h5-8H,2-4,9-11,16H2,1H3/b17-14+. The van der Waals surface area contributed by atoms with Crippen molar-refractivity contribution in [2.75, 3.05) is 26.9 Å². The number of hydrogen-bond acceptors (Lipinski definition) is 4. The lowest BCUT2D eigenvalue weighted by Gasteiger charge is -2.07. The van der Waals surface area contributed by atoms with Crippen LogP contribution in [0, 0.1) is 5.82 Å². The average molecular weight is 268 g/mol. The molecule has 0 radical (unpaired) electrons. The molecule has 0 amide bonds. The lowest BCUT2D eigenvalue weighted by atomic mass is 10.0. The van der Waals surface area contributed by atoms with Crippen LogP contribution in [0.15, 0.2) is 29.4 Å². The quantitative estimate of drug-likeness (QED) is 0.425. The SMILES string of the molecule is COCCCC/C(=N\OCCN)c1ccc(F)cc1. The number of benzene rings is 1. The fraction of sp³-hybridized carbons (Fsp3) is 0.500. The van der Waals surface area contributed by atoms with Gasteiger partial charge in [-0.2, -0.15) is 0 Å². The van der Waals surface area contributed by atoms with Crippen LogP contribution in [0.2, 0.25) is 0 Å². The molecule has 5 heteroatoms.